The third kappa shape index (κ3) is 48.8. The molecule has 1 aliphatic heterocycles. The van der Waals surface area contributed by atoms with Gasteiger partial charge >= 0.3 is 5.97 Å². The Bertz CT molecular complexity index is 1440. The van der Waals surface area contributed by atoms with Crippen LogP contribution in [0, 0.1) is 0 Å². The fourth-order valence-corrected chi connectivity index (χ4v) is 11.0. The quantitative estimate of drug-likeness (QED) is 0.0195. The molecule has 1 saturated heterocycles. The van der Waals surface area contributed by atoms with E-state index in [2.05, 4.69) is 43.5 Å². The number of aliphatic hydroxyl groups is 5. The van der Waals surface area contributed by atoms with Crippen LogP contribution in [-0.4, -0.2) is 100 Å². The summed E-state index contributed by atoms with van der Waals surface area (Å²) in [6.45, 7) is 4.34. The van der Waals surface area contributed by atoms with Crippen molar-refractivity contribution in [3.8, 4) is 0 Å². The van der Waals surface area contributed by atoms with Gasteiger partial charge in [0.1, 0.15) is 24.4 Å². The van der Waals surface area contributed by atoms with Crippen molar-refractivity contribution in [3.05, 3.63) is 36.5 Å². The third-order valence-electron chi connectivity index (χ3n) is 16.5. The maximum Gasteiger partial charge on any atom is 0.305 e. The second kappa shape index (κ2) is 59.6. The van der Waals surface area contributed by atoms with Crippen molar-refractivity contribution in [2.75, 3.05) is 19.8 Å². The predicted molar refractivity (Wildman–Crippen MR) is 338 cm³/mol. The Labute approximate surface area is 498 Å². The second-order valence-corrected chi connectivity index (χ2v) is 24.2. The number of aliphatic hydroxyl groups excluding tert-OH is 5. The summed E-state index contributed by atoms with van der Waals surface area (Å²) < 4.78 is 16.7. The highest BCUT2D eigenvalue weighted by Gasteiger charge is 2.44. The molecule has 11 heteroatoms. The van der Waals surface area contributed by atoms with E-state index in [1.54, 1.807) is 6.08 Å². The molecular formula is C70H131NO10. The maximum absolute atomic E-state index is 13.0. The first-order valence-corrected chi connectivity index (χ1v) is 34.8. The Balaban J connectivity index is 1.93. The lowest BCUT2D eigenvalue weighted by molar-refractivity contribution is -0.302. The van der Waals surface area contributed by atoms with Crippen LogP contribution in [0.4, 0.5) is 0 Å². The lowest BCUT2D eigenvalue weighted by Gasteiger charge is -2.40. The normalized spacial score (nSPS) is 18.4. The first kappa shape index (κ1) is 76.9. The molecule has 6 N–H and O–H groups in total. The van der Waals surface area contributed by atoms with E-state index in [0.29, 0.717) is 19.4 Å². The van der Waals surface area contributed by atoms with Gasteiger partial charge in [-0.3, -0.25) is 9.59 Å². The zero-order valence-electron chi connectivity index (χ0n) is 52.8. The van der Waals surface area contributed by atoms with Crippen molar-refractivity contribution in [3.63, 3.8) is 0 Å². The van der Waals surface area contributed by atoms with E-state index in [1.807, 2.05) is 6.08 Å². The number of carbonyl (C=O) groups is 2. The molecule has 0 aromatic rings. The number of amides is 1. The Kier molecular flexibility index (Phi) is 56.6. The van der Waals surface area contributed by atoms with E-state index in [9.17, 15) is 35.1 Å². The molecule has 0 aromatic heterocycles. The van der Waals surface area contributed by atoms with Gasteiger partial charge in [0.05, 0.1) is 32.0 Å². The van der Waals surface area contributed by atoms with Crippen molar-refractivity contribution < 1.29 is 49.3 Å². The highest BCUT2D eigenvalue weighted by molar-refractivity contribution is 5.76. The summed E-state index contributed by atoms with van der Waals surface area (Å²) in [4.78, 5) is 25.0. The Morgan fingerprint density at radius 2 is 0.827 bits per heavy atom. The van der Waals surface area contributed by atoms with Crippen LogP contribution in [0.3, 0.4) is 0 Å². The number of unbranched alkanes of at least 4 members (excludes halogenated alkanes) is 43. The molecule has 1 fully saturated rings. The summed E-state index contributed by atoms with van der Waals surface area (Å²) in [6.07, 6.45) is 65.8. The molecular weight excluding hydrogens is 1010 g/mol. The first-order valence-electron chi connectivity index (χ1n) is 34.8. The van der Waals surface area contributed by atoms with Crippen LogP contribution in [0.5, 0.6) is 0 Å². The summed E-state index contributed by atoms with van der Waals surface area (Å²) in [7, 11) is 0. The average molecular weight is 1150 g/mol. The second-order valence-electron chi connectivity index (χ2n) is 24.2. The summed E-state index contributed by atoms with van der Waals surface area (Å²) in [5.74, 6) is -0.174. The summed E-state index contributed by atoms with van der Waals surface area (Å²) in [5, 5.41) is 54.3. The maximum atomic E-state index is 13.0. The Morgan fingerprint density at radius 1 is 0.457 bits per heavy atom. The lowest BCUT2D eigenvalue weighted by Crippen LogP contribution is -2.60. The molecule has 1 heterocycles. The van der Waals surface area contributed by atoms with Crippen molar-refractivity contribution in [1.29, 1.82) is 0 Å². The van der Waals surface area contributed by atoms with Gasteiger partial charge in [-0.15, -0.1) is 0 Å². The first-order chi connectivity index (χ1) is 39.7. The number of carbonyl (C=O) groups excluding carboxylic acids is 2. The number of nitrogens with one attached hydrogen (secondary N) is 1. The molecule has 1 amide bonds. The van der Waals surface area contributed by atoms with Gasteiger partial charge in [-0.1, -0.05) is 294 Å². The minimum absolute atomic E-state index is 0.00670. The molecule has 1 aliphatic rings. The van der Waals surface area contributed by atoms with E-state index in [0.717, 1.165) is 64.2 Å². The fraction of sp³-hybridized carbons (Fsp3) is 0.886. The summed E-state index contributed by atoms with van der Waals surface area (Å²) in [6, 6.07) is -0.807. The highest BCUT2D eigenvalue weighted by Crippen LogP contribution is 2.23. The van der Waals surface area contributed by atoms with Crippen LogP contribution in [0.2, 0.25) is 0 Å². The van der Waals surface area contributed by atoms with Crippen LogP contribution >= 0.6 is 0 Å². The lowest BCUT2D eigenvalue weighted by atomic mass is 9.99. The van der Waals surface area contributed by atoms with Crippen LogP contribution in [0.15, 0.2) is 36.5 Å². The number of rotatable bonds is 61. The molecule has 81 heavy (non-hydrogen) atoms. The number of hydrogen-bond acceptors (Lipinski definition) is 10. The Hall–Kier alpha value is -2.12. The zero-order chi connectivity index (χ0) is 58.7. The van der Waals surface area contributed by atoms with Gasteiger partial charge in [0.15, 0.2) is 6.29 Å². The van der Waals surface area contributed by atoms with Crippen LogP contribution < -0.4 is 5.32 Å². The number of allylic oxidation sites excluding steroid dienone is 5. The molecule has 476 valence electrons. The van der Waals surface area contributed by atoms with Crippen LogP contribution in [0.1, 0.15) is 335 Å². The monoisotopic (exact) mass is 1150 g/mol. The molecule has 7 atom stereocenters. The number of esters is 1. The van der Waals surface area contributed by atoms with Crippen LogP contribution in [0.25, 0.3) is 0 Å². The molecule has 0 aliphatic carbocycles. The van der Waals surface area contributed by atoms with E-state index in [-0.39, 0.29) is 18.5 Å². The Morgan fingerprint density at radius 3 is 1.25 bits per heavy atom. The standard InChI is InChI=1S/C70H131NO10/c1-3-5-7-9-11-13-37-42-46-50-54-58-66(75)79-59-55-51-47-43-39-36-34-32-30-28-26-24-22-20-18-16-14-15-17-19-21-23-25-27-29-31-33-35-38-41-45-49-53-57-65(74)71-62(63(73)56-52-48-44-40-12-10-8-6-4-2)61-80-70-69(78)68(77)67(76)64(60-72)81-70/h18,20,24,26,52,56,62-64,67-70,72-73,76-78H,3-17,19,21-23,25,27-51,53-55,57-61H2,1-2H3,(H,71,74)/b20-18-,26-24-,56-52+. The average Bonchev–Trinajstić information content (AvgIpc) is 3.46. The third-order valence-corrected chi connectivity index (χ3v) is 16.5. The predicted octanol–water partition coefficient (Wildman–Crippen LogP) is 17.4. The molecule has 7 unspecified atom stereocenters. The van der Waals surface area contributed by atoms with Gasteiger partial charge in [0, 0.05) is 12.8 Å². The van der Waals surface area contributed by atoms with Crippen LogP contribution in [-0.2, 0) is 23.8 Å². The number of hydrogen-bond donors (Lipinski definition) is 6. The van der Waals surface area contributed by atoms with Crippen molar-refractivity contribution >= 4 is 11.9 Å². The van der Waals surface area contributed by atoms with Gasteiger partial charge < -0.3 is 45.1 Å². The molecule has 1 rings (SSSR count). The fourth-order valence-electron chi connectivity index (χ4n) is 11.0. The van der Waals surface area contributed by atoms with Crippen molar-refractivity contribution in [1.82, 2.24) is 5.32 Å². The summed E-state index contributed by atoms with van der Waals surface area (Å²) in [5.41, 5.74) is 0. The smallest absolute Gasteiger partial charge is 0.305 e. The zero-order valence-corrected chi connectivity index (χ0v) is 52.8. The van der Waals surface area contributed by atoms with Crippen molar-refractivity contribution in [2.45, 2.75) is 378 Å². The summed E-state index contributed by atoms with van der Waals surface area (Å²) >= 11 is 0. The van der Waals surface area contributed by atoms with E-state index < -0.39 is 49.5 Å². The topological polar surface area (TPSA) is 175 Å². The van der Waals surface area contributed by atoms with Crippen molar-refractivity contribution in [2.24, 2.45) is 0 Å². The minimum atomic E-state index is -1.57. The molecule has 0 spiro atoms. The van der Waals surface area contributed by atoms with E-state index in [4.69, 9.17) is 14.2 Å². The molecule has 0 bridgehead atoms. The van der Waals surface area contributed by atoms with Gasteiger partial charge in [-0.2, -0.15) is 0 Å². The van der Waals surface area contributed by atoms with Gasteiger partial charge in [0.25, 0.3) is 0 Å². The molecule has 0 radical (unpaired) electrons. The van der Waals surface area contributed by atoms with E-state index in [1.165, 1.54) is 244 Å². The molecule has 0 aromatic carbocycles. The SMILES string of the molecule is CCCCCCCCC/C=C/C(O)C(COC1OC(CO)C(O)C(O)C1O)NC(=O)CCCCCCCCCCCCCCCCCCC/C=C\C/C=C\CCCCCCCCCCCOC(=O)CCCCCCCCCCCCC. The van der Waals surface area contributed by atoms with Gasteiger partial charge in [-0.05, 0) is 64.2 Å². The van der Waals surface area contributed by atoms with E-state index >= 15 is 0 Å². The minimum Gasteiger partial charge on any atom is -0.466 e. The number of ether oxygens (including phenoxy) is 3. The van der Waals surface area contributed by atoms with Gasteiger partial charge in [0.2, 0.25) is 5.91 Å². The highest BCUT2D eigenvalue weighted by atomic mass is 16.7. The largest absolute Gasteiger partial charge is 0.466 e. The molecule has 0 saturated carbocycles. The van der Waals surface area contributed by atoms with Gasteiger partial charge in [-0.25, -0.2) is 0 Å². The molecule has 11 nitrogen and oxygen atoms in total.